The molecular formula is C14H24N2O4. The van der Waals surface area contributed by atoms with Crippen molar-refractivity contribution >= 4 is 17.8 Å². The van der Waals surface area contributed by atoms with Crippen molar-refractivity contribution in [3.8, 4) is 0 Å². The SMILES string of the molecule is CN1CCC(C(=O)NCCCCCCC(=O)O)CC1=O. The molecule has 1 rings (SSSR count). The van der Waals surface area contributed by atoms with Gasteiger partial charge in [-0.2, -0.15) is 0 Å². The Kier molecular flexibility index (Phi) is 7.04. The summed E-state index contributed by atoms with van der Waals surface area (Å²) in [5.74, 6) is -0.946. The number of piperidine rings is 1. The summed E-state index contributed by atoms with van der Waals surface area (Å²) >= 11 is 0. The first kappa shape index (κ1) is 16.5. The number of aliphatic carboxylic acids is 1. The molecule has 2 N–H and O–H groups in total. The van der Waals surface area contributed by atoms with Crippen LogP contribution in [0.15, 0.2) is 0 Å². The summed E-state index contributed by atoms with van der Waals surface area (Å²) in [4.78, 5) is 35.4. The van der Waals surface area contributed by atoms with Gasteiger partial charge < -0.3 is 15.3 Å². The van der Waals surface area contributed by atoms with E-state index in [2.05, 4.69) is 5.32 Å². The van der Waals surface area contributed by atoms with Crippen molar-refractivity contribution in [1.29, 1.82) is 0 Å². The van der Waals surface area contributed by atoms with Gasteiger partial charge in [0.05, 0.1) is 0 Å². The number of likely N-dealkylation sites (tertiary alicyclic amines) is 1. The number of nitrogens with one attached hydrogen (secondary N) is 1. The Hall–Kier alpha value is -1.59. The first-order valence-electron chi connectivity index (χ1n) is 7.24. The van der Waals surface area contributed by atoms with Gasteiger partial charge in [-0.05, 0) is 19.3 Å². The molecule has 0 spiro atoms. The number of rotatable bonds is 8. The van der Waals surface area contributed by atoms with Gasteiger partial charge in [-0.1, -0.05) is 12.8 Å². The average Bonchev–Trinajstić information content (AvgIpc) is 2.40. The van der Waals surface area contributed by atoms with Crippen LogP contribution in [-0.2, 0) is 14.4 Å². The summed E-state index contributed by atoms with van der Waals surface area (Å²) in [7, 11) is 1.76. The van der Waals surface area contributed by atoms with Crippen molar-refractivity contribution in [3.63, 3.8) is 0 Å². The Balaban J connectivity index is 2.06. The van der Waals surface area contributed by atoms with Crippen molar-refractivity contribution in [2.45, 2.75) is 44.9 Å². The average molecular weight is 284 g/mol. The van der Waals surface area contributed by atoms with E-state index in [1.807, 2.05) is 0 Å². The lowest BCUT2D eigenvalue weighted by Crippen LogP contribution is -2.42. The number of carboxylic acids is 1. The monoisotopic (exact) mass is 284 g/mol. The second-order valence-corrected chi connectivity index (χ2v) is 5.35. The van der Waals surface area contributed by atoms with Gasteiger partial charge in [-0.3, -0.25) is 14.4 Å². The first-order valence-corrected chi connectivity index (χ1v) is 7.24. The minimum atomic E-state index is -0.759. The van der Waals surface area contributed by atoms with E-state index in [0.29, 0.717) is 25.9 Å². The van der Waals surface area contributed by atoms with Crippen LogP contribution in [0.3, 0.4) is 0 Å². The van der Waals surface area contributed by atoms with Gasteiger partial charge in [-0.25, -0.2) is 0 Å². The fourth-order valence-electron chi connectivity index (χ4n) is 2.28. The standard InChI is InChI=1S/C14H24N2O4/c1-16-9-7-11(10-12(16)17)14(20)15-8-5-3-2-4-6-13(18)19/h11H,2-10H2,1H3,(H,15,20)(H,18,19). The lowest BCUT2D eigenvalue weighted by Gasteiger charge is -2.27. The maximum atomic E-state index is 11.9. The summed E-state index contributed by atoms with van der Waals surface area (Å²) < 4.78 is 0. The number of hydrogen-bond donors (Lipinski definition) is 2. The van der Waals surface area contributed by atoms with Crippen molar-refractivity contribution in [1.82, 2.24) is 10.2 Å². The summed E-state index contributed by atoms with van der Waals surface area (Å²) in [6.45, 7) is 1.25. The maximum Gasteiger partial charge on any atom is 0.303 e. The van der Waals surface area contributed by atoms with E-state index >= 15 is 0 Å². The Morgan fingerprint density at radius 3 is 2.65 bits per heavy atom. The Bertz CT molecular complexity index is 357. The maximum absolute atomic E-state index is 11.9. The molecule has 114 valence electrons. The topological polar surface area (TPSA) is 86.7 Å². The molecule has 1 saturated heterocycles. The fourth-order valence-corrected chi connectivity index (χ4v) is 2.28. The van der Waals surface area contributed by atoms with E-state index in [0.717, 1.165) is 25.7 Å². The van der Waals surface area contributed by atoms with Crippen LogP contribution in [0.1, 0.15) is 44.9 Å². The highest BCUT2D eigenvalue weighted by Crippen LogP contribution is 2.17. The first-order chi connectivity index (χ1) is 9.50. The fraction of sp³-hybridized carbons (Fsp3) is 0.786. The van der Waals surface area contributed by atoms with E-state index in [9.17, 15) is 14.4 Å². The Labute approximate surface area is 119 Å². The van der Waals surface area contributed by atoms with Gasteiger partial charge in [-0.15, -0.1) is 0 Å². The molecule has 6 heteroatoms. The molecule has 1 unspecified atom stereocenters. The number of unbranched alkanes of at least 4 members (excludes halogenated alkanes) is 3. The molecule has 0 bridgehead atoms. The molecule has 2 amide bonds. The number of nitrogens with zero attached hydrogens (tertiary/aromatic N) is 1. The minimum Gasteiger partial charge on any atom is -0.481 e. The number of carboxylic acid groups (broad SMARTS) is 1. The molecule has 0 aromatic rings. The normalized spacial score (nSPS) is 18.9. The Morgan fingerprint density at radius 1 is 1.30 bits per heavy atom. The van der Waals surface area contributed by atoms with Crippen molar-refractivity contribution < 1.29 is 19.5 Å². The molecule has 0 radical (unpaired) electrons. The van der Waals surface area contributed by atoms with Crippen LogP contribution in [0, 0.1) is 5.92 Å². The zero-order chi connectivity index (χ0) is 15.0. The smallest absolute Gasteiger partial charge is 0.303 e. The largest absolute Gasteiger partial charge is 0.481 e. The molecule has 1 aliphatic rings. The molecule has 0 aromatic carbocycles. The van der Waals surface area contributed by atoms with E-state index in [1.54, 1.807) is 11.9 Å². The molecule has 6 nitrogen and oxygen atoms in total. The van der Waals surface area contributed by atoms with Gasteiger partial charge in [0.15, 0.2) is 0 Å². The van der Waals surface area contributed by atoms with Crippen LogP contribution in [0.2, 0.25) is 0 Å². The van der Waals surface area contributed by atoms with E-state index in [1.165, 1.54) is 0 Å². The van der Waals surface area contributed by atoms with Crippen LogP contribution in [0.4, 0.5) is 0 Å². The van der Waals surface area contributed by atoms with Crippen LogP contribution in [-0.4, -0.2) is 47.9 Å². The van der Waals surface area contributed by atoms with Crippen molar-refractivity contribution in [2.75, 3.05) is 20.1 Å². The van der Waals surface area contributed by atoms with Gasteiger partial charge >= 0.3 is 5.97 Å². The van der Waals surface area contributed by atoms with Crippen LogP contribution >= 0.6 is 0 Å². The molecule has 20 heavy (non-hydrogen) atoms. The molecule has 0 aromatic heterocycles. The van der Waals surface area contributed by atoms with Crippen LogP contribution < -0.4 is 5.32 Å². The number of carbonyl (C=O) groups is 3. The van der Waals surface area contributed by atoms with E-state index in [-0.39, 0.29) is 24.2 Å². The third-order valence-electron chi connectivity index (χ3n) is 3.65. The quantitative estimate of drug-likeness (QED) is 0.651. The van der Waals surface area contributed by atoms with E-state index in [4.69, 9.17) is 5.11 Å². The molecule has 1 fully saturated rings. The van der Waals surface area contributed by atoms with Gasteiger partial charge in [0.1, 0.15) is 0 Å². The van der Waals surface area contributed by atoms with Gasteiger partial charge in [0.25, 0.3) is 0 Å². The molecule has 1 heterocycles. The minimum absolute atomic E-state index is 0.0306. The third kappa shape index (κ3) is 6.04. The van der Waals surface area contributed by atoms with Crippen LogP contribution in [0.5, 0.6) is 0 Å². The Morgan fingerprint density at radius 2 is 2.00 bits per heavy atom. The highest BCUT2D eigenvalue weighted by molar-refractivity contribution is 5.86. The predicted octanol–water partition coefficient (Wildman–Crippen LogP) is 1.01. The van der Waals surface area contributed by atoms with Crippen molar-refractivity contribution in [3.05, 3.63) is 0 Å². The zero-order valence-electron chi connectivity index (χ0n) is 12.1. The summed E-state index contributed by atoms with van der Waals surface area (Å²) in [6.07, 6.45) is 4.57. The zero-order valence-corrected chi connectivity index (χ0v) is 12.1. The number of hydrogen-bond acceptors (Lipinski definition) is 3. The van der Waals surface area contributed by atoms with Gasteiger partial charge in [0.2, 0.25) is 11.8 Å². The molecule has 1 atom stereocenters. The summed E-state index contributed by atoms with van der Waals surface area (Å²) in [5, 5.41) is 11.3. The number of amides is 2. The van der Waals surface area contributed by atoms with Crippen molar-refractivity contribution in [2.24, 2.45) is 5.92 Å². The highest BCUT2D eigenvalue weighted by atomic mass is 16.4. The summed E-state index contributed by atoms with van der Waals surface area (Å²) in [6, 6.07) is 0. The molecule has 0 aliphatic carbocycles. The molecule has 1 aliphatic heterocycles. The molecule has 0 saturated carbocycles. The highest BCUT2D eigenvalue weighted by Gasteiger charge is 2.28. The molecular weight excluding hydrogens is 260 g/mol. The lowest BCUT2D eigenvalue weighted by molar-refractivity contribution is -0.139. The second kappa shape index (κ2) is 8.55. The van der Waals surface area contributed by atoms with E-state index < -0.39 is 5.97 Å². The predicted molar refractivity (Wildman–Crippen MR) is 74.1 cm³/mol. The van der Waals surface area contributed by atoms with Crippen LogP contribution in [0.25, 0.3) is 0 Å². The second-order valence-electron chi connectivity index (χ2n) is 5.35. The van der Waals surface area contributed by atoms with Gasteiger partial charge in [0, 0.05) is 38.9 Å². The summed E-state index contributed by atoms with van der Waals surface area (Å²) in [5.41, 5.74) is 0. The number of carbonyl (C=O) groups excluding carboxylic acids is 2. The third-order valence-corrected chi connectivity index (χ3v) is 3.65. The lowest BCUT2D eigenvalue weighted by atomic mass is 9.95.